The lowest BCUT2D eigenvalue weighted by atomic mass is 9.68. The largest absolute Gasteiger partial charge is 0.507 e. The molecule has 0 saturated carbocycles. The summed E-state index contributed by atoms with van der Waals surface area (Å²) in [5, 5.41) is 24.8. The number of phenols is 1. The van der Waals surface area contributed by atoms with Crippen molar-refractivity contribution >= 4 is 16.6 Å². The monoisotopic (exact) mass is 464 g/mol. The van der Waals surface area contributed by atoms with Crippen LogP contribution in [-0.2, 0) is 6.42 Å². The van der Waals surface area contributed by atoms with E-state index in [1.54, 1.807) is 13.0 Å². The molecule has 3 atom stereocenters. The standard InChI is InChI=1S/C24H24F4N2O3/c1-3-12-5-6-15-19(21(12)32)13(4-2)11-23(33,24(26,27)28)22(15)29-17-9-8-16(25)20-14(17)7-10-18(31)30-20/h5-10,13,22,29,32-33H,3-4,11H2,1-2H3,(H,30,31)/t13?,22?,23-/m1/s1. The fourth-order valence-corrected chi connectivity index (χ4v) is 4.81. The summed E-state index contributed by atoms with van der Waals surface area (Å²) >= 11 is 0. The topological polar surface area (TPSA) is 85.3 Å². The first-order valence-corrected chi connectivity index (χ1v) is 10.7. The molecule has 0 bridgehead atoms. The summed E-state index contributed by atoms with van der Waals surface area (Å²) in [7, 11) is 0. The number of phenolic OH excluding ortho intramolecular Hbond substituents is 1. The second-order valence-electron chi connectivity index (χ2n) is 8.44. The summed E-state index contributed by atoms with van der Waals surface area (Å²) in [4.78, 5) is 14.0. The van der Waals surface area contributed by atoms with Crippen LogP contribution in [0.1, 0.15) is 55.3 Å². The molecule has 0 saturated heterocycles. The van der Waals surface area contributed by atoms with Crippen LogP contribution in [0.25, 0.3) is 10.9 Å². The number of hydrogen-bond donors (Lipinski definition) is 4. The highest BCUT2D eigenvalue weighted by atomic mass is 19.4. The van der Waals surface area contributed by atoms with Crippen molar-refractivity contribution in [3.8, 4) is 5.75 Å². The average Bonchev–Trinajstić information content (AvgIpc) is 2.76. The number of fused-ring (bicyclic) bond motifs is 2. The molecule has 2 unspecified atom stereocenters. The third-order valence-corrected chi connectivity index (χ3v) is 6.60. The van der Waals surface area contributed by atoms with Crippen molar-refractivity contribution in [1.29, 1.82) is 0 Å². The molecule has 1 aliphatic carbocycles. The number of aromatic amines is 1. The zero-order valence-electron chi connectivity index (χ0n) is 18.1. The number of aromatic nitrogens is 1. The predicted octanol–water partition coefficient (Wildman–Crippen LogP) is 5.28. The van der Waals surface area contributed by atoms with Crippen LogP contribution in [-0.4, -0.2) is 27.0 Å². The number of alkyl halides is 3. The number of aryl methyl sites for hydroxylation is 1. The Hall–Kier alpha value is -3.07. The molecule has 1 heterocycles. The maximum atomic E-state index is 14.3. The van der Waals surface area contributed by atoms with Gasteiger partial charge in [-0.25, -0.2) is 4.39 Å². The molecule has 3 aromatic rings. The number of H-pyrrole nitrogens is 1. The Morgan fingerprint density at radius 1 is 1.15 bits per heavy atom. The maximum absolute atomic E-state index is 14.3. The van der Waals surface area contributed by atoms with Crippen LogP contribution >= 0.6 is 0 Å². The third kappa shape index (κ3) is 3.64. The minimum Gasteiger partial charge on any atom is -0.507 e. The van der Waals surface area contributed by atoms with Gasteiger partial charge in [-0.1, -0.05) is 26.0 Å². The molecule has 4 rings (SSSR count). The Morgan fingerprint density at radius 2 is 1.88 bits per heavy atom. The van der Waals surface area contributed by atoms with E-state index in [0.717, 1.165) is 12.1 Å². The molecular weight excluding hydrogens is 440 g/mol. The van der Waals surface area contributed by atoms with E-state index in [2.05, 4.69) is 10.3 Å². The molecule has 4 N–H and O–H groups in total. The Balaban J connectivity index is 1.95. The van der Waals surface area contributed by atoms with Crippen molar-refractivity contribution in [3.63, 3.8) is 0 Å². The highest BCUT2D eigenvalue weighted by Crippen LogP contribution is 2.55. The molecule has 1 aromatic heterocycles. The van der Waals surface area contributed by atoms with Gasteiger partial charge in [0, 0.05) is 22.7 Å². The maximum Gasteiger partial charge on any atom is 0.419 e. The molecule has 1 aliphatic rings. The number of hydrogen-bond acceptors (Lipinski definition) is 4. The van der Waals surface area contributed by atoms with E-state index >= 15 is 0 Å². The molecule has 176 valence electrons. The van der Waals surface area contributed by atoms with Crippen LogP contribution in [0.5, 0.6) is 5.75 Å². The summed E-state index contributed by atoms with van der Waals surface area (Å²) < 4.78 is 57.2. The third-order valence-electron chi connectivity index (χ3n) is 6.60. The number of nitrogens with one attached hydrogen (secondary N) is 2. The van der Waals surface area contributed by atoms with E-state index in [1.165, 1.54) is 18.2 Å². The van der Waals surface area contributed by atoms with Gasteiger partial charge in [0.1, 0.15) is 11.6 Å². The normalized spacial score (nSPS) is 22.9. The second kappa shape index (κ2) is 8.06. The number of aromatic hydroxyl groups is 1. The van der Waals surface area contributed by atoms with E-state index in [4.69, 9.17) is 0 Å². The number of aliphatic hydroxyl groups is 1. The summed E-state index contributed by atoms with van der Waals surface area (Å²) in [6.07, 6.45) is -4.85. The lowest BCUT2D eigenvalue weighted by Gasteiger charge is -2.46. The van der Waals surface area contributed by atoms with E-state index in [-0.39, 0.29) is 27.9 Å². The number of benzene rings is 2. The number of pyridine rings is 1. The van der Waals surface area contributed by atoms with Gasteiger partial charge in [-0.2, -0.15) is 13.2 Å². The van der Waals surface area contributed by atoms with Crippen LogP contribution in [0.4, 0.5) is 23.2 Å². The van der Waals surface area contributed by atoms with E-state index in [9.17, 15) is 32.6 Å². The van der Waals surface area contributed by atoms with Crippen molar-refractivity contribution in [2.24, 2.45) is 0 Å². The van der Waals surface area contributed by atoms with Gasteiger partial charge in [-0.3, -0.25) is 4.79 Å². The van der Waals surface area contributed by atoms with Crippen LogP contribution < -0.4 is 10.9 Å². The first-order chi connectivity index (χ1) is 15.5. The van der Waals surface area contributed by atoms with Crippen molar-refractivity contribution in [1.82, 2.24) is 4.98 Å². The van der Waals surface area contributed by atoms with Gasteiger partial charge in [0.2, 0.25) is 5.56 Å². The summed E-state index contributed by atoms with van der Waals surface area (Å²) in [6.45, 7) is 3.54. The minimum absolute atomic E-state index is 0.0637. The second-order valence-corrected chi connectivity index (χ2v) is 8.44. The molecule has 0 radical (unpaired) electrons. The van der Waals surface area contributed by atoms with Gasteiger partial charge >= 0.3 is 6.18 Å². The summed E-state index contributed by atoms with van der Waals surface area (Å²) in [5.41, 5.74) is -2.65. The fourth-order valence-electron chi connectivity index (χ4n) is 4.81. The van der Waals surface area contributed by atoms with Crippen LogP contribution in [0.15, 0.2) is 41.2 Å². The van der Waals surface area contributed by atoms with Crippen molar-refractivity contribution in [2.45, 2.75) is 56.8 Å². The Morgan fingerprint density at radius 3 is 2.52 bits per heavy atom. The van der Waals surface area contributed by atoms with Gasteiger partial charge in [-0.15, -0.1) is 0 Å². The Bertz CT molecular complexity index is 1270. The number of halogens is 4. The van der Waals surface area contributed by atoms with E-state index < -0.39 is 41.5 Å². The Labute approximate surface area is 187 Å². The molecule has 0 fully saturated rings. The zero-order valence-corrected chi connectivity index (χ0v) is 18.1. The first kappa shape index (κ1) is 23.1. The van der Waals surface area contributed by atoms with Crippen molar-refractivity contribution in [2.75, 3.05) is 5.32 Å². The molecule has 2 aromatic carbocycles. The quantitative estimate of drug-likeness (QED) is 0.396. The van der Waals surface area contributed by atoms with Gasteiger partial charge in [0.25, 0.3) is 0 Å². The van der Waals surface area contributed by atoms with Crippen LogP contribution in [0, 0.1) is 5.82 Å². The van der Waals surface area contributed by atoms with Gasteiger partial charge in [0.15, 0.2) is 5.60 Å². The number of anilines is 1. The lowest BCUT2D eigenvalue weighted by molar-refractivity contribution is -0.272. The summed E-state index contributed by atoms with van der Waals surface area (Å²) in [6, 6.07) is 6.12. The molecule has 33 heavy (non-hydrogen) atoms. The molecule has 5 nitrogen and oxygen atoms in total. The molecular formula is C24H24F4N2O3. The average molecular weight is 464 g/mol. The van der Waals surface area contributed by atoms with Gasteiger partial charge in [0.05, 0.1) is 11.6 Å². The lowest BCUT2D eigenvalue weighted by Crippen LogP contribution is -2.55. The Kier molecular flexibility index (Phi) is 5.64. The summed E-state index contributed by atoms with van der Waals surface area (Å²) in [5.74, 6) is -1.51. The van der Waals surface area contributed by atoms with Crippen LogP contribution in [0.2, 0.25) is 0 Å². The van der Waals surface area contributed by atoms with Crippen molar-refractivity contribution in [3.05, 3.63) is 69.3 Å². The number of rotatable bonds is 4. The van der Waals surface area contributed by atoms with Crippen LogP contribution in [0.3, 0.4) is 0 Å². The fraction of sp³-hybridized carbons (Fsp3) is 0.375. The predicted molar refractivity (Wildman–Crippen MR) is 117 cm³/mol. The van der Waals surface area contributed by atoms with Gasteiger partial charge in [-0.05, 0) is 54.5 Å². The molecule has 0 aliphatic heterocycles. The van der Waals surface area contributed by atoms with Gasteiger partial charge < -0.3 is 20.5 Å². The van der Waals surface area contributed by atoms with E-state index in [1.807, 2.05) is 6.92 Å². The minimum atomic E-state index is -4.99. The smallest absolute Gasteiger partial charge is 0.419 e. The molecule has 0 spiro atoms. The highest BCUT2D eigenvalue weighted by Gasteiger charge is 2.62. The SMILES string of the molecule is CCc1ccc2c(c1O)C(CC)C[C@](O)(C(F)(F)F)C2Nc1ccc(F)c2[nH]c(=O)ccc12. The highest BCUT2D eigenvalue weighted by molar-refractivity contribution is 5.91. The zero-order chi connectivity index (χ0) is 24.1. The molecule has 9 heteroatoms. The van der Waals surface area contributed by atoms with E-state index in [0.29, 0.717) is 24.0 Å². The first-order valence-electron chi connectivity index (χ1n) is 10.7. The van der Waals surface area contributed by atoms with Crippen molar-refractivity contribution < 1.29 is 27.8 Å². The molecule has 0 amide bonds.